The fourth-order valence-electron chi connectivity index (χ4n) is 3.59. The maximum absolute atomic E-state index is 12.8. The first kappa shape index (κ1) is 19.9. The molecule has 30 heavy (non-hydrogen) atoms. The summed E-state index contributed by atoms with van der Waals surface area (Å²) in [6.07, 6.45) is 1.56. The molecule has 1 fully saturated rings. The molecule has 1 aromatic carbocycles. The van der Waals surface area contributed by atoms with Crippen LogP contribution in [0.25, 0.3) is 11.0 Å². The third kappa shape index (κ3) is 3.62. The predicted octanol–water partition coefficient (Wildman–Crippen LogP) is 1.85. The monoisotopic (exact) mass is 410 g/mol. The minimum absolute atomic E-state index is 0.0139. The number of hydrogen-bond donors (Lipinski definition) is 1. The fourth-order valence-corrected chi connectivity index (χ4v) is 3.59. The molecule has 158 valence electrons. The van der Waals surface area contributed by atoms with E-state index in [4.69, 9.17) is 4.74 Å². The molecule has 0 unspecified atom stereocenters. The van der Waals surface area contributed by atoms with Gasteiger partial charge in [-0.3, -0.25) is 14.6 Å². The van der Waals surface area contributed by atoms with Crippen LogP contribution in [-0.2, 0) is 5.54 Å². The normalized spacial score (nSPS) is 14.9. The van der Waals surface area contributed by atoms with Crippen LogP contribution in [0.2, 0.25) is 0 Å². The predicted molar refractivity (Wildman–Crippen MR) is 114 cm³/mol. The minimum atomic E-state index is -0.288. The van der Waals surface area contributed by atoms with E-state index in [1.165, 1.54) is 0 Å². The summed E-state index contributed by atoms with van der Waals surface area (Å²) in [5.74, 6) is 1.21. The number of nitrogens with one attached hydrogen (secondary N) is 1. The standard InChI is InChI=1S/C21H26N6O3/c1-21(2,3)27-17-16(13-22-27)18(28)24-20(23-17)26-11-9-25(10-12-26)19(29)14-5-7-15(30-4)8-6-14/h5-8,13H,9-12H2,1-4H3,(H,23,24,28). The molecular weight excluding hydrogens is 384 g/mol. The number of hydrogen-bond acceptors (Lipinski definition) is 6. The highest BCUT2D eigenvalue weighted by Crippen LogP contribution is 2.21. The number of carbonyl (C=O) groups is 1. The van der Waals surface area contributed by atoms with Crippen molar-refractivity contribution in [3.63, 3.8) is 0 Å². The van der Waals surface area contributed by atoms with Gasteiger partial charge in [0.1, 0.15) is 11.1 Å². The van der Waals surface area contributed by atoms with Crippen LogP contribution in [-0.4, -0.2) is 63.8 Å². The molecule has 4 rings (SSSR count). The Morgan fingerprint density at radius 1 is 1.10 bits per heavy atom. The summed E-state index contributed by atoms with van der Waals surface area (Å²) in [6.45, 7) is 8.32. The quantitative estimate of drug-likeness (QED) is 0.708. The van der Waals surface area contributed by atoms with Gasteiger partial charge in [-0.1, -0.05) is 0 Å². The lowest BCUT2D eigenvalue weighted by molar-refractivity contribution is 0.0746. The number of rotatable bonds is 3. The molecule has 3 heterocycles. The molecule has 3 aromatic rings. The maximum atomic E-state index is 12.8. The summed E-state index contributed by atoms with van der Waals surface area (Å²) in [5, 5.41) is 4.82. The number of H-pyrrole nitrogens is 1. The molecule has 0 spiro atoms. The SMILES string of the molecule is COc1ccc(C(=O)N2CCN(c3nc4c(cnn4C(C)(C)C)c(=O)[nH]3)CC2)cc1. The van der Waals surface area contributed by atoms with Gasteiger partial charge in [-0.25, -0.2) is 4.68 Å². The van der Waals surface area contributed by atoms with Crippen LogP contribution in [0, 0.1) is 0 Å². The maximum Gasteiger partial charge on any atom is 0.263 e. The van der Waals surface area contributed by atoms with Crippen molar-refractivity contribution in [2.75, 3.05) is 38.2 Å². The highest BCUT2D eigenvalue weighted by atomic mass is 16.5. The molecule has 1 aliphatic heterocycles. The number of methoxy groups -OCH3 is 1. The zero-order valence-electron chi connectivity index (χ0n) is 17.7. The van der Waals surface area contributed by atoms with E-state index in [-0.39, 0.29) is 17.0 Å². The number of nitrogens with zero attached hydrogens (tertiary/aromatic N) is 5. The van der Waals surface area contributed by atoms with E-state index in [9.17, 15) is 9.59 Å². The number of amides is 1. The lowest BCUT2D eigenvalue weighted by Crippen LogP contribution is -2.49. The highest BCUT2D eigenvalue weighted by molar-refractivity contribution is 5.94. The van der Waals surface area contributed by atoms with Gasteiger partial charge >= 0.3 is 0 Å². The number of fused-ring (bicyclic) bond motifs is 1. The van der Waals surface area contributed by atoms with Crippen molar-refractivity contribution in [1.82, 2.24) is 24.6 Å². The molecule has 0 saturated carbocycles. The average Bonchev–Trinajstić information content (AvgIpc) is 3.19. The topological polar surface area (TPSA) is 96.3 Å². The zero-order chi connectivity index (χ0) is 21.5. The number of ether oxygens (including phenoxy) is 1. The Labute approximate surface area is 174 Å². The van der Waals surface area contributed by atoms with Gasteiger partial charge in [-0.05, 0) is 45.0 Å². The summed E-state index contributed by atoms with van der Waals surface area (Å²) in [5.41, 5.74) is 0.704. The molecule has 2 aromatic heterocycles. The second-order valence-corrected chi connectivity index (χ2v) is 8.36. The second kappa shape index (κ2) is 7.47. The van der Waals surface area contributed by atoms with E-state index in [0.29, 0.717) is 48.7 Å². The summed E-state index contributed by atoms with van der Waals surface area (Å²) < 4.78 is 6.92. The van der Waals surface area contributed by atoms with Gasteiger partial charge in [0.25, 0.3) is 11.5 Å². The third-order valence-electron chi connectivity index (χ3n) is 5.26. The number of benzene rings is 1. The van der Waals surface area contributed by atoms with Gasteiger partial charge in [-0.2, -0.15) is 10.1 Å². The van der Waals surface area contributed by atoms with E-state index in [2.05, 4.69) is 15.1 Å². The molecule has 0 radical (unpaired) electrons. The van der Waals surface area contributed by atoms with Crippen LogP contribution in [0.15, 0.2) is 35.3 Å². The van der Waals surface area contributed by atoms with E-state index in [1.807, 2.05) is 30.6 Å². The third-order valence-corrected chi connectivity index (χ3v) is 5.26. The highest BCUT2D eigenvalue weighted by Gasteiger charge is 2.25. The summed E-state index contributed by atoms with van der Waals surface area (Å²) >= 11 is 0. The first-order valence-corrected chi connectivity index (χ1v) is 9.95. The van der Waals surface area contributed by atoms with Gasteiger partial charge in [-0.15, -0.1) is 0 Å². The molecule has 9 heteroatoms. The smallest absolute Gasteiger partial charge is 0.263 e. The van der Waals surface area contributed by atoms with Crippen LogP contribution >= 0.6 is 0 Å². The van der Waals surface area contributed by atoms with Crippen LogP contribution in [0.4, 0.5) is 5.95 Å². The number of carbonyl (C=O) groups excluding carboxylic acids is 1. The number of aromatic amines is 1. The largest absolute Gasteiger partial charge is 0.497 e. The molecule has 0 aliphatic carbocycles. The van der Waals surface area contributed by atoms with Crippen molar-refractivity contribution in [1.29, 1.82) is 0 Å². The molecule has 0 atom stereocenters. The number of aromatic nitrogens is 4. The number of piperazine rings is 1. The van der Waals surface area contributed by atoms with Gasteiger partial charge in [0.05, 0.1) is 18.8 Å². The van der Waals surface area contributed by atoms with Crippen molar-refractivity contribution in [2.24, 2.45) is 0 Å². The van der Waals surface area contributed by atoms with E-state index in [0.717, 1.165) is 5.75 Å². The molecule has 1 saturated heterocycles. The Morgan fingerprint density at radius 2 is 1.77 bits per heavy atom. The van der Waals surface area contributed by atoms with Gasteiger partial charge in [0, 0.05) is 31.7 Å². The molecule has 0 bridgehead atoms. The summed E-state index contributed by atoms with van der Waals surface area (Å²) in [6, 6.07) is 7.11. The second-order valence-electron chi connectivity index (χ2n) is 8.36. The fraction of sp³-hybridized carbons (Fsp3) is 0.429. The van der Waals surface area contributed by atoms with Crippen LogP contribution < -0.4 is 15.2 Å². The Kier molecular flexibility index (Phi) is 4.97. The van der Waals surface area contributed by atoms with E-state index in [1.54, 1.807) is 42.3 Å². The first-order chi connectivity index (χ1) is 14.3. The molecule has 9 nitrogen and oxygen atoms in total. The zero-order valence-corrected chi connectivity index (χ0v) is 17.7. The van der Waals surface area contributed by atoms with Crippen LogP contribution in [0.3, 0.4) is 0 Å². The van der Waals surface area contributed by atoms with Crippen molar-refractivity contribution in [3.05, 3.63) is 46.4 Å². The van der Waals surface area contributed by atoms with Crippen molar-refractivity contribution in [2.45, 2.75) is 26.3 Å². The average molecular weight is 410 g/mol. The Hall–Kier alpha value is -3.36. The molecular formula is C21H26N6O3. The van der Waals surface area contributed by atoms with Gasteiger partial charge in [0.15, 0.2) is 5.65 Å². The van der Waals surface area contributed by atoms with Gasteiger partial charge < -0.3 is 14.5 Å². The first-order valence-electron chi connectivity index (χ1n) is 9.95. The van der Waals surface area contributed by atoms with Crippen molar-refractivity contribution >= 4 is 22.9 Å². The summed E-state index contributed by atoms with van der Waals surface area (Å²) in [4.78, 5) is 36.7. The lowest BCUT2D eigenvalue weighted by Gasteiger charge is -2.35. The molecule has 1 amide bonds. The number of anilines is 1. The molecule has 1 N–H and O–H groups in total. The Bertz CT molecular complexity index is 1120. The van der Waals surface area contributed by atoms with Gasteiger partial charge in [0.2, 0.25) is 5.95 Å². The van der Waals surface area contributed by atoms with Crippen molar-refractivity contribution in [3.8, 4) is 5.75 Å². The summed E-state index contributed by atoms with van der Waals surface area (Å²) in [7, 11) is 1.60. The van der Waals surface area contributed by atoms with E-state index < -0.39 is 0 Å². The molecule has 1 aliphatic rings. The lowest BCUT2D eigenvalue weighted by atomic mass is 10.1. The van der Waals surface area contributed by atoms with Crippen molar-refractivity contribution < 1.29 is 9.53 Å². The minimum Gasteiger partial charge on any atom is -0.497 e. The Morgan fingerprint density at radius 3 is 2.37 bits per heavy atom. The Balaban J connectivity index is 1.51. The van der Waals surface area contributed by atoms with E-state index >= 15 is 0 Å². The van der Waals surface area contributed by atoms with Crippen LogP contribution in [0.1, 0.15) is 31.1 Å². The van der Waals surface area contributed by atoms with Crippen LogP contribution in [0.5, 0.6) is 5.75 Å².